The highest BCUT2D eigenvalue weighted by atomic mass is 16.5. The second kappa shape index (κ2) is 6.56. The molecule has 0 bridgehead atoms. The van der Waals surface area contributed by atoms with Crippen molar-refractivity contribution in [3.05, 3.63) is 59.7 Å². The molecule has 108 valence electrons. The number of carbonyl (C=O) groups is 2. The van der Waals surface area contributed by atoms with Crippen molar-refractivity contribution < 1.29 is 19.1 Å². The van der Waals surface area contributed by atoms with Crippen LogP contribution in [0.25, 0.3) is 0 Å². The minimum atomic E-state index is -0.595. The summed E-state index contributed by atoms with van der Waals surface area (Å²) in [6.45, 7) is -0.170. The predicted octanol–water partition coefficient (Wildman–Crippen LogP) is 2.06. The van der Waals surface area contributed by atoms with Crippen molar-refractivity contribution in [1.29, 1.82) is 0 Å². The summed E-state index contributed by atoms with van der Waals surface area (Å²) in [5.41, 5.74) is 6.00. The van der Waals surface area contributed by atoms with Crippen LogP contribution in [0.4, 0.5) is 0 Å². The fraction of sp³-hybridized carbons (Fsp3) is 0.125. The Morgan fingerprint density at radius 3 is 2.33 bits per heavy atom. The van der Waals surface area contributed by atoms with Gasteiger partial charge in [-0.25, -0.2) is 0 Å². The summed E-state index contributed by atoms with van der Waals surface area (Å²) >= 11 is 0. The number of benzene rings is 2. The average Bonchev–Trinajstić information content (AvgIpc) is 2.52. The van der Waals surface area contributed by atoms with Gasteiger partial charge in [-0.15, -0.1) is 0 Å². The molecule has 2 aromatic rings. The molecular weight excluding hydrogens is 270 g/mol. The largest absolute Gasteiger partial charge is 0.497 e. The smallest absolute Gasteiger partial charge is 0.252 e. The molecule has 21 heavy (non-hydrogen) atoms. The zero-order valence-electron chi connectivity index (χ0n) is 11.5. The minimum Gasteiger partial charge on any atom is -0.497 e. The SMILES string of the molecule is COc1ccc(C(=O)COc2ccccc2C(N)=O)cc1. The number of rotatable bonds is 6. The number of nitrogens with two attached hydrogens (primary N) is 1. The highest BCUT2D eigenvalue weighted by Crippen LogP contribution is 2.18. The van der Waals surface area contributed by atoms with Gasteiger partial charge in [0.1, 0.15) is 11.5 Å². The molecule has 0 aliphatic heterocycles. The molecule has 5 nitrogen and oxygen atoms in total. The standard InChI is InChI=1S/C16H15NO4/c1-20-12-8-6-11(7-9-12)14(18)10-21-15-5-3-2-4-13(15)16(17)19/h2-9H,10H2,1H3,(H2,17,19). The van der Waals surface area contributed by atoms with Crippen molar-refractivity contribution in [2.24, 2.45) is 5.73 Å². The normalized spacial score (nSPS) is 9.95. The molecule has 0 aliphatic carbocycles. The van der Waals surface area contributed by atoms with Gasteiger partial charge in [-0.2, -0.15) is 0 Å². The van der Waals surface area contributed by atoms with Crippen LogP contribution in [0.1, 0.15) is 20.7 Å². The number of Topliss-reactive ketones (excluding diaryl/α,β-unsaturated/α-hetero) is 1. The molecule has 1 amide bonds. The lowest BCUT2D eigenvalue weighted by Gasteiger charge is -2.09. The maximum absolute atomic E-state index is 12.0. The van der Waals surface area contributed by atoms with Gasteiger partial charge in [0.15, 0.2) is 12.4 Å². The van der Waals surface area contributed by atoms with Gasteiger partial charge in [-0.1, -0.05) is 12.1 Å². The number of hydrogen-bond acceptors (Lipinski definition) is 4. The first-order valence-corrected chi connectivity index (χ1v) is 6.30. The number of amides is 1. The Kier molecular flexibility index (Phi) is 4.56. The molecule has 0 radical (unpaired) electrons. The van der Waals surface area contributed by atoms with Crippen LogP contribution in [-0.2, 0) is 0 Å². The third kappa shape index (κ3) is 3.60. The maximum Gasteiger partial charge on any atom is 0.252 e. The molecule has 0 fully saturated rings. The van der Waals surface area contributed by atoms with E-state index in [-0.39, 0.29) is 18.0 Å². The number of hydrogen-bond donors (Lipinski definition) is 1. The van der Waals surface area contributed by atoms with Crippen molar-refractivity contribution >= 4 is 11.7 Å². The highest BCUT2D eigenvalue weighted by molar-refractivity contribution is 5.98. The number of ketones is 1. The first kappa shape index (κ1) is 14.6. The Hall–Kier alpha value is -2.82. The third-order valence-electron chi connectivity index (χ3n) is 2.92. The van der Waals surface area contributed by atoms with Crippen LogP contribution < -0.4 is 15.2 Å². The van der Waals surface area contributed by atoms with Crippen LogP contribution in [0.3, 0.4) is 0 Å². The van der Waals surface area contributed by atoms with Gasteiger partial charge in [0, 0.05) is 5.56 Å². The first-order chi connectivity index (χ1) is 10.1. The minimum absolute atomic E-state index is 0.170. The van der Waals surface area contributed by atoms with Crippen LogP contribution in [0.15, 0.2) is 48.5 Å². The number of ether oxygens (including phenoxy) is 2. The van der Waals surface area contributed by atoms with Gasteiger partial charge in [0.2, 0.25) is 0 Å². The van der Waals surface area contributed by atoms with Crippen molar-refractivity contribution in [2.75, 3.05) is 13.7 Å². The second-order valence-corrected chi connectivity index (χ2v) is 4.30. The van der Waals surface area contributed by atoms with E-state index in [1.165, 1.54) is 0 Å². The number of para-hydroxylation sites is 1. The molecule has 0 saturated heterocycles. The van der Waals surface area contributed by atoms with Crippen LogP contribution in [-0.4, -0.2) is 25.4 Å². The zero-order valence-corrected chi connectivity index (χ0v) is 11.5. The van der Waals surface area contributed by atoms with Crippen LogP contribution in [0.5, 0.6) is 11.5 Å². The molecular formula is C16H15NO4. The Morgan fingerprint density at radius 1 is 1.05 bits per heavy atom. The molecule has 0 heterocycles. The molecule has 0 atom stereocenters. The van der Waals surface area contributed by atoms with Gasteiger partial charge in [-0.05, 0) is 36.4 Å². The molecule has 0 spiro atoms. The maximum atomic E-state index is 12.0. The zero-order chi connectivity index (χ0) is 15.2. The van der Waals surface area contributed by atoms with E-state index >= 15 is 0 Å². The topological polar surface area (TPSA) is 78.6 Å². The van der Waals surface area contributed by atoms with Gasteiger partial charge in [0.25, 0.3) is 5.91 Å². The molecule has 2 aromatic carbocycles. The summed E-state index contributed by atoms with van der Waals surface area (Å²) in [5.74, 6) is 0.179. The van der Waals surface area contributed by atoms with Crippen molar-refractivity contribution in [2.45, 2.75) is 0 Å². The summed E-state index contributed by atoms with van der Waals surface area (Å²) in [6, 6.07) is 13.2. The lowest BCUT2D eigenvalue weighted by atomic mass is 10.1. The fourth-order valence-corrected chi connectivity index (χ4v) is 1.80. The van der Waals surface area contributed by atoms with Gasteiger partial charge in [0.05, 0.1) is 12.7 Å². The summed E-state index contributed by atoms with van der Waals surface area (Å²) < 4.78 is 10.4. The Morgan fingerprint density at radius 2 is 1.71 bits per heavy atom. The Bertz CT molecular complexity index is 650. The highest BCUT2D eigenvalue weighted by Gasteiger charge is 2.11. The predicted molar refractivity (Wildman–Crippen MR) is 77.8 cm³/mol. The van der Waals surface area contributed by atoms with Gasteiger partial charge in [-0.3, -0.25) is 9.59 Å². The molecule has 2 N–H and O–H groups in total. The summed E-state index contributed by atoms with van der Waals surface area (Å²) in [7, 11) is 1.56. The average molecular weight is 285 g/mol. The van der Waals surface area contributed by atoms with E-state index in [4.69, 9.17) is 15.2 Å². The van der Waals surface area contributed by atoms with E-state index in [1.54, 1.807) is 55.6 Å². The van der Waals surface area contributed by atoms with E-state index in [0.29, 0.717) is 17.1 Å². The summed E-state index contributed by atoms with van der Waals surface area (Å²) in [4.78, 5) is 23.3. The monoisotopic (exact) mass is 285 g/mol. The molecule has 0 aromatic heterocycles. The van der Waals surface area contributed by atoms with Crippen molar-refractivity contribution in [3.8, 4) is 11.5 Å². The lowest BCUT2D eigenvalue weighted by molar-refractivity contribution is 0.0912. The van der Waals surface area contributed by atoms with Crippen LogP contribution in [0.2, 0.25) is 0 Å². The van der Waals surface area contributed by atoms with Gasteiger partial charge < -0.3 is 15.2 Å². The second-order valence-electron chi connectivity index (χ2n) is 4.30. The van der Waals surface area contributed by atoms with E-state index in [0.717, 1.165) is 0 Å². The van der Waals surface area contributed by atoms with Crippen molar-refractivity contribution in [1.82, 2.24) is 0 Å². The molecule has 2 rings (SSSR count). The summed E-state index contributed by atoms with van der Waals surface area (Å²) in [5, 5.41) is 0. The fourth-order valence-electron chi connectivity index (χ4n) is 1.80. The Balaban J connectivity index is 2.05. The third-order valence-corrected chi connectivity index (χ3v) is 2.92. The van der Waals surface area contributed by atoms with Gasteiger partial charge >= 0.3 is 0 Å². The molecule has 5 heteroatoms. The number of primary amides is 1. The quantitative estimate of drug-likeness (QED) is 0.824. The van der Waals surface area contributed by atoms with E-state index in [2.05, 4.69) is 0 Å². The summed E-state index contributed by atoms with van der Waals surface area (Å²) in [6.07, 6.45) is 0. The number of carbonyl (C=O) groups excluding carboxylic acids is 2. The Labute approximate surface area is 122 Å². The van der Waals surface area contributed by atoms with Crippen molar-refractivity contribution in [3.63, 3.8) is 0 Å². The van der Waals surface area contributed by atoms with E-state index in [1.807, 2.05) is 0 Å². The first-order valence-electron chi connectivity index (χ1n) is 6.30. The van der Waals surface area contributed by atoms with Crippen LogP contribution >= 0.6 is 0 Å². The van der Waals surface area contributed by atoms with E-state index in [9.17, 15) is 9.59 Å². The van der Waals surface area contributed by atoms with Crippen LogP contribution in [0, 0.1) is 0 Å². The molecule has 0 saturated carbocycles. The molecule has 0 unspecified atom stereocenters. The lowest BCUT2D eigenvalue weighted by Crippen LogP contribution is -2.16. The molecule has 0 aliphatic rings. The number of methoxy groups -OCH3 is 1. The van der Waals surface area contributed by atoms with E-state index < -0.39 is 5.91 Å².